The normalized spacial score (nSPS) is 27.8. The molecule has 2 nitrogen and oxygen atoms in total. The molecule has 0 spiro atoms. The lowest BCUT2D eigenvalue weighted by Crippen LogP contribution is -2.11. The number of benzene rings is 1. The van der Waals surface area contributed by atoms with Crippen LogP contribution in [0.15, 0.2) is 18.2 Å². The molecule has 1 saturated heterocycles. The molecule has 2 aliphatic rings. The molecule has 1 fully saturated rings. The van der Waals surface area contributed by atoms with Gasteiger partial charge >= 0.3 is 0 Å². The van der Waals surface area contributed by atoms with E-state index in [1.807, 2.05) is 0 Å². The fourth-order valence-corrected chi connectivity index (χ4v) is 2.89. The Bertz CT molecular complexity index is 382. The van der Waals surface area contributed by atoms with E-state index in [4.69, 9.17) is 4.74 Å². The maximum absolute atomic E-state index is 5.80. The molecular formula is C14H19NO. The van der Waals surface area contributed by atoms with Crippen molar-refractivity contribution in [2.75, 3.05) is 13.1 Å². The van der Waals surface area contributed by atoms with Crippen molar-refractivity contribution in [1.29, 1.82) is 0 Å². The Balaban J connectivity index is 1.82. The van der Waals surface area contributed by atoms with E-state index in [2.05, 4.69) is 30.4 Å². The first-order valence-corrected chi connectivity index (χ1v) is 6.31. The van der Waals surface area contributed by atoms with Crippen LogP contribution in [0.2, 0.25) is 0 Å². The maximum Gasteiger partial charge on any atom is 0.123 e. The summed E-state index contributed by atoms with van der Waals surface area (Å²) in [6.07, 6.45) is 3.98. The van der Waals surface area contributed by atoms with Crippen molar-refractivity contribution < 1.29 is 4.74 Å². The van der Waals surface area contributed by atoms with Gasteiger partial charge in [0.2, 0.25) is 0 Å². The van der Waals surface area contributed by atoms with E-state index in [0.717, 1.165) is 18.1 Å². The largest absolute Gasteiger partial charge is 0.490 e. The molecule has 2 heteroatoms. The standard InChI is InChI=1S/C14H19NO/c1-10-7-13-12(3-2-4-14(13)16-10)8-11-5-6-15-9-11/h2-4,10-11,15H,5-9H2,1H3. The topological polar surface area (TPSA) is 21.3 Å². The molecule has 1 aromatic carbocycles. The molecule has 0 amide bonds. The fraction of sp³-hybridized carbons (Fsp3) is 0.571. The van der Waals surface area contributed by atoms with Crippen molar-refractivity contribution in [3.05, 3.63) is 29.3 Å². The lowest BCUT2D eigenvalue weighted by molar-refractivity contribution is 0.254. The van der Waals surface area contributed by atoms with Gasteiger partial charge in [0.1, 0.15) is 11.9 Å². The molecule has 1 aromatic rings. The molecule has 0 saturated carbocycles. The summed E-state index contributed by atoms with van der Waals surface area (Å²) in [4.78, 5) is 0. The number of rotatable bonds is 2. The van der Waals surface area contributed by atoms with Crippen LogP contribution in [0.25, 0.3) is 0 Å². The smallest absolute Gasteiger partial charge is 0.123 e. The first-order chi connectivity index (χ1) is 7.83. The van der Waals surface area contributed by atoms with E-state index in [0.29, 0.717) is 6.10 Å². The number of fused-ring (bicyclic) bond motifs is 1. The van der Waals surface area contributed by atoms with E-state index in [1.165, 1.54) is 37.1 Å². The van der Waals surface area contributed by atoms with E-state index in [-0.39, 0.29) is 0 Å². The summed E-state index contributed by atoms with van der Waals surface area (Å²) in [5.41, 5.74) is 2.97. The van der Waals surface area contributed by atoms with Gasteiger partial charge in [-0.05, 0) is 50.4 Å². The molecule has 1 N–H and O–H groups in total. The molecule has 0 radical (unpaired) electrons. The van der Waals surface area contributed by atoms with E-state index in [9.17, 15) is 0 Å². The van der Waals surface area contributed by atoms with Crippen LogP contribution in [0.1, 0.15) is 24.5 Å². The minimum atomic E-state index is 0.359. The summed E-state index contributed by atoms with van der Waals surface area (Å²) in [6.45, 7) is 4.52. The molecule has 0 aliphatic carbocycles. The van der Waals surface area contributed by atoms with Gasteiger partial charge in [0.15, 0.2) is 0 Å². The van der Waals surface area contributed by atoms with Crippen molar-refractivity contribution in [3.8, 4) is 5.75 Å². The average Bonchev–Trinajstić information content (AvgIpc) is 2.86. The molecule has 0 aromatic heterocycles. The predicted octanol–water partition coefficient (Wildman–Crippen LogP) is 2.16. The van der Waals surface area contributed by atoms with Crippen LogP contribution in [-0.4, -0.2) is 19.2 Å². The zero-order valence-corrected chi connectivity index (χ0v) is 9.83. The lowest BCUT2D eigenvalue weighted by Gasteiger charge is -2.11. The number of nitrogens with one attached hydrogen (secondary N) is 1. The van der Waals surface area contributed by atoms with Gasteiger partial charge in [0.25, 0.3) is 0 Å². The number of ether oxygens (including phenoxy) is 1. The fourth-order valence-electron chi connectivity index (χ4n) is 2.89. The highest BCUT2D eigenvalue weighted by molar-refractivity contribution is 5.43. The van der Waals surface area contributed by atoms with Crippen LogP contribution in [0, 0.1) is 5.92 Å². The molecule has 2 aliphatic heterocycles. The zero-order chi connectivity index (χ0) is 11.0. The second-order valence-corrected chi connectivity index (χ2v) is 5.09. The minimum absolute atomic E-state index is 0.359. The van der Waals surface area contributed by atoms with Crippen molar-refractivity contribution in [2.24, 2.45) is 5.92 Å². The van der Waals surface area contributed by atoms with Crippen molar-refractivity contribution in [1.82, 2.24) is 5.32 Å². The molecular weight excluding hydrogens is 198 g/mol. The number of hydrogen-bond donors (Lipinski definition) is 1. The minimum Gasteiger partial charge on any atom is -0.490 e. The molecule has 3 rings (SSSR count). The monoisotopic (exact) mass is 217 g/mol. The summed E-state index contributed by atoms with van der Waals surface area (Å²) in [5.74, 6) is 1.94. The summed E-state index contributed by atoms with van der Waals surface area (Å²) in [5, 5.41) is 3.44. The molecule has 0 bridgehead atoms. The third-order valence-electron chi connectivity index (χ3n) is 3.72. The van der Waals surface area contributed by atoms with E-state index < -0.39 is 0 Å². The Morgan fingerprint density at radius 3 is 3.19 bits per heavy atom. The second-order valence-electron chi connectivity index (χ2n) is 5.09. The third kappa shape index (κ3) is 1.82. The zero-order valence-electron chi connectivity index (χ0n) is 9.83. The van der Waals surface area contributed by atoms with E-state index in [1.54, 1.807) is 0 Å². The molecule has 86 valence electrons. The summed E-state index contributed by atoms with van der Waals surface area (Å²) < 4.78 is 5.80. The van der Waals surface area contributed by atoms with Crippen molar-refractivity contribution in [2.45, 2.75) is 32.3 Å². The van der Waals surface area contributed by atoms with Gasteiger partial charge in [-0.15, -0.1) is 0 Å². The van der Waals surface area contributed by atoms with Gasteiger partial charge in [0, 0.05) is 12.0 Å². The SMILES string of the molecule is CC1Cc2c(CC3CCNC3)cccc2O1. The molecule has 2 unspecified atom stereocenters. The highest BCUT2D eigenvalue weighted by Crippen LogP contribution is 2.33. The average molecular weight is 217 g/mol. The van der Waals surface area contributed by atoms with Crippen LogP contribution < -0.4 is 10.1 Å². The highest BCUT2D eigenvalue weighted by Gasteiger charge is 2.23. The van der Waals surface area contributed by atoms with Crippen LogP contribution in [0.4, 0.5) is 0 Å². The van der Waals surface area contributed by atoms with Gasteiger partial charge in [-0.1, -0.05) is 12.1 Å². The van der Waals surface area contributed by atoms with Crippen molar-refractivity contribution in [3.63, 3.8) is 0 Å². The van der Waals surface area contributed by atoms with Crippen LogP contribution in [0.3, 0.4) is 0 Å². The number of hydrogen-bond acceptors (Lipinski definition) is 2. The van der Waals surface area contributed by atoms with Gasteiger partial charge in [-0.2, -0.15) is 0 Å². The van der Waals surface area contributed by atoms with Gasteiger partial charge in [-0.3, -0.25) is 0 Å². The van der Waals surface area contributed by atoms with Gasteiger partial charge in [0.05, 0.1) is 0 Å². The Labute approximate surface area is 97.0 Å². The van der Waals surface area contributed by atoms with E-state index >= 15 is 0 Å². The van der Waals surface area contributed by atoms with Gasteiger partial charge in [-0.25, -0.2) is 0 Å². The highest BCUT2D eigenvalue weighted by atomic mass is 16.5. The Morgan fingerprint density at radius 2 is 2.38 bits per heavy atom. The predicted molar refractivity (Wildman–Crippen MR) is 64.9 cm³/mol. The van der Waals surface area contributed by atoms with Crippen LogP contribution in [0.5, 0.6) is 5.75 Å². The van der Waals surface area contributed by atoms with Crippen LogP contribution >= 0.6 is 0 Å². The first-order valence-electron chi connectivity index (χ1n) is 6.31. The Hall–Kier alpha value is -1.02. The Kier molecular flexibility index (Phi) is 2.60. The third-order valence-corrected chi connectivity index (χ3v) is 3.72. The van der Waals surface area contributed by atoms with Crippen molar-refractivity contribution >= 4 is 0 Å². The summed E-state index contributed by atoms with van der Waals surface area (Å²) >= 11 is 0. The quantitative estimate of drug-likeness (QED) is 0.819. The van der Waals surface area contributed by atoms with Crippen LogP contribution in [-0.2, 0) is 12.8 Å². The molecule has 2 atom stereocenters. The molecule has 2 heterocycles. The maximum atomic E-state index is 5.80. The second kappa shape index (κ2) is 4.10. The lowest BCUT2D eigenvalue weighted by atomic mass is 9.93. The summed E-state index contributed by atoms with van der Waals surface area (Å²) in [7, 11) is 0. The molecule has 16 heavy (non-hydrogen) atoms. The Morgan fingerprint density at radius 1 is 1.44 bits per heavy atom. The van der Waals surface area contributed by atoms with Gasteiger partial charge < -0.3 is 10.1 Å². The summed E-state index contributed by atoms with van der Waals surface area (Å²) in [6, 6.07) is 6.52. The first kappa shape index (κ1) is 10.2.